The zero-order chi connectivity index (χ0) is 24.9. The van der Waals surface area contributed by atoms with Crippen LogP contribution in [0.2, 0.25) is 0 Å². The second kappa shape index (κ2) is 11.3. The van der Waals surface area contributed by atoms with Gasteiger partial charge in [-0.05, 0) is 29.3 Å². The minimum atomic E-state index is -0.487. The van der Waals surface area contributed by atoms with Gasteiger partial charge in [-0.3, -0.25) is 24.6 Å². The van der Waals surface area contributed by atoms with Crippen molar-refractivity contribution < 1.29 is 14.5 Å². The van der Waals surface area contributed by atoms with Crippen LogP contribution < -0.4 is 5.32 Å². The quantitative estimate of drug-likeness (QED) is 0.443. The van der Waals surface area contributed by atoms with Crippen molar-refractivity contribution in [1.82, 2.24) is 20.0 Å². The molecule has 10 heteroatoms. The first-order valence-corrected chi connectivity index (χ1v) is 13.0. The third-order valence-electron chi connectivity index (χ3n) is 6.63. The largest absolute Gasteiger partial charge is 0.338 e. The van der Waals surface area contributed by atoms with Gasteiger partial charge in [-0.2, -0.15) is 0 Å². The Bertz CT molecular complexity index is 1020. The van der Waals surface area contributed by atoms with Gasteiger partial charge in [0.05, 0.1) is 9.80 Å². The summed E-state index contributed by atoms with van der Waals surface area (Å²) in [5.41, 5.74) is 1.05. The van der Waals surface area contributed by atoms with E-state index in [-0.39, 0.29) is 23.5 Å². The van der Waals surface area contributed by atoms with E-state index in [0.717, 1.165) is 25.2 Å². The third kappa shape index (κ3) is 6.06. The van der Waals surface area contributed by atoms with Crippen LogP contribution in [0.5, 0.6) is 0 Å². The van der Waals surface area contributed by atoms with Crippen LogP contribution in [0.1, 0.15) is 35.5 Å². The van der Waals surface area contributed by atoms with Crippen molar-refractivity contribution in [1.29, 1.82) is 0 Å². The van der Waals surface area contributed by atoms with Crippen molar-refractivity contribution >= 4 is 28.8 Å². The molecule has 4 rings (SSSR count). The summed E-state index contributed by atoms with van der Waals surface area (Å²) in [5.74, 6) is 0.326. The normalized spacial score (nSPS) is 20.6. The third-order valence-corrected chi connectivity index (χ3v) is 7.49. The van der Waals surface area contributed by atoms with Gasteiger partial charge in [-0.25, -0.2) is 0 Å². The lowest BCUT2D eigenvalue weighted by Gasteiger charge is -2.32. The number of hydrogen-bond acceptors (Lipinski definition) is 7. The summed E-state index contributed by atoms with van der Waals surface area (Å²) < 4.78 is 0. The predicted octanol–water partition coefficient (Wildman–Crippen LogP) is 2.83. The molecule has 0 saturated carbocycles. The fraction of sp³-hybridized carbons (Fsp3) is 0.520. The lowest BCUT2D eigenvalue weighted by Crippen LogP contribution is -2.53. The molecule has 2 fully saturated rings. The standard InChI is InChI=1S/C25H33N5O4S/c1-18(2)15-28(16-19-5-7-20(8-6-19)30(33)34)21-14-22(24(31)27-11-9-26-10-12-27)29(17-21)25(32)23-4-3-13-35-23/h3-8,13,18,21-22,26H,9-12,14-17H2,1-2H3. The monoisotopic (exact) mass is 499 g/mol. The first kappa shape index (κ1) is 25.3. The van der Waals surface area contributed by atoms with Gasteiger partial charge >= 0.3 is 0 Å². The van der Waals surface area contributed by atoms with E-state index in [0.29, 0.717) is 43.4 Å². The van der Waals surface area contributed by atoms with Crippen LogP contribution in [0.4, 0.5) is 5.69 Å². The molecule has 35 heavy (non-hydrogen) atoms. The molecule has 188 valence electrons. The maximum Gasteiger partial charge on any atom is 0.269 e. The Balaban J connectivity index is 1.57. The molecule has 0 bridgehead atoms. The Morgan fingerprint density at radius 3 is 2.51 bits per heavy atom. The maximum absolute atomic E-state index is 13.6. The first-order chi connectivity index (χ1) is 16.8. The minimum absolute atomic E-state index is 0.0216. The molecular formula is C25H33N5O4S. The molecule has 2 aromatic rings. The molecular weight excluding hydrogens is 466 g/mol. The average molecular weight is 500 g/mol. The number of piperazine rings is 1. The summed E-state index contributed by atoms with van der Waals surface area (Å²) in [4.78, 5) is 44.2. The lowest BCUT2D eigenvalue weighted by molar-refractivity contribution is -0.384. The van der Waals surface area contributed by atoms with Crippen LogP contribution in [0, 0.1) is 16.0 Å². The van der Waals surface area contributed by atoms with Crippen LogP contribution in [0.3, 0.4) is 0 Å². The summed E-state index contributed by atoms with van der Waals surface area (Å²) in [5, 5.41) is 16.2. The average Bonchev–Trinajstić information content (AvgIpc) is 3.54. The van der Waals surface area contributed by atoms with E-state index in [1.807, 2.05) is 22.4 Å². The fourth-order valence-electron chi connectivity index (χ4n) is 4.94. The molecule has 1 N–H and O–H groups in total. The number of rotatable bonds is 8. The molecule has 2 amide bonds. The predicted molar refractivity (Wildman–Crippen MR) is 135 cm³/mol. The van der Waals surface area contributed by atoms with Gasteiger partial charge in [-0.1, -0.05) is 32.0 Å². The molecule has 2 atom stereocenters. The number of non-ortho nitro benzene ring substituents is 1. The number of benzene rings is 1. The SMILES string of the molecule is CC(C)CN(Cc1ccc([N+](=O)[O-])cc1)C1CC(C(=O)N2CCNCC2)N(C(=O)c2cccs2)C1. The zero-order valence-electron chi connectivity index (χ0n) is 20.3. The molecule has 3 heterocycles. The van der Waals surface area contributed by atoms with Crippen LogP contribution in [0.15, 0.2) is 41.8 Å². The molecule has 0 radical (unpaired) electrons. The first-order valence-electron chi connectivity index (χ1n) is 12.1. The second-order valence-electron chi connectivity index (χ2n) is 9.66. The zero-order valence-corrected chi connectivity index (χ0v) is 21.1. The highest BCUT2D eigenvalue weighted by Gasteiger charge is 2.43. The Labute approximate surface area is 209 Å². The number of nitro benzene ring substituents is 1. The van der Waals surface area contributed by atoms with Crippen molar-refractivity contribution in [3.05, 3.63) is 62.3 Å². The minimum Gasteiger partial charge on any atom is -0.338 e. The van der Waals surface area contributed by atoms with Gasteiger partial charge in [0.1, 0.15) is 6.04 Å². The van der Waals surface area contributed by atoms with Crippen molar-refractivity contribution in [2.75, 3.05) is 39.3 Å². The molecule has 2 aliphatic heterocycles. The molecule has 0 spiro atoms. The number of nitrogens with zero attached hydrogens (tertiary/aromatic N) is 4. The number of likely N-dealkylation sites (tertiary alicyclic amines) is 1. The highest BCUT2D eigenvalue weighted by Crippen LogP contribution is 2.29. The van der Waals surface area contributed by atoms with Crippen LogP contribution >= 0.6 is 11.3 Å². The summed E-state index contributed by atoms with van der Waals surface area (Å²) in [7, 11) is 0. The Morgan fingerprint density at radius 2 is 1.91 bits per heavy atom. The number of nitro groups is 1. The number of carbonyl (C=O) groups is 2. The summed E-state index contributed by atoms with van der Waals surface area (Å²) in [6.07, 6.45) is 0.583. The number of thiophene rings is 1. The van der Waals surface area contributed by atoms with Gasteiger partial charge in [0, 0.05) is 64.0 Å². The second-order valence-corrected chi connectivity index (χ2v) is 10.6. The molecule has 2 aliphatic rings. The fourth-order valence-corrected chi connectivity index (χ4v) is 5.62. The molecule has 1 aromatic heterocycles. The topological polar surface area (TPSA) is 99.0 Å². The van der Waals surface area contributed by atoms with Crippen molar-refractivity contribution in [2.45, 2.75) is 38.9 Å². The van der Waals surface area contributed by atoms with Crippen LogP contribution in [-0.2, 0) is 11.3 Å². The van der Waals surface area contributed by atoms with E-state index in [1.54, 1.807) is 17.0 Å². The molecule has 2 saturated heterocycles. The van der Waals surface area contributed by atoms with Crippen molar-refractivity contribution in [2.24, 2.45) is 5.92 Å². The molecule has 0 aliphatic carbocycles. The molecule has 2 unspecified atom stereocenters. The number of carbonyl (C=O) groups excluding carboxylic acids is 2. The van der Waals surface area contributed by atoms with Crippen LogP contribution in [-0.4, -0.2) is 82.8 Å². The Morgan fingerprint density at radius 1 is 1.20 bits per heavy atom. The summed E-state index contributed by atoms with van der Waals surface area (Å²) in [6.45, 7) is 9.03. The van der Waals surface area contributed by atoms with E-state index in [1.165, 1.54) is 23.5 Å². The van der Waals surface area contributed by atoms with E-state index in [9.17, 15) is 19.7 Å². The number of nitrogens with one attached hydrogen (secondary N) is 1. The summed E-state index contributed by atoms with van der Waals surface area (Å²) in [6, 6.07) is 9.85. The maximum atomic E-state index is 13.6. The molecule has 9 nitrogen and oxygen atoms in total. The van der Waals surface area contributed by atoms with E-state index in [4.69, 9.17) is 0 Å². The smallest absolute Gasteiger partial charge is 0.269 e. The van der Waals surface area contributed by atoms with E-state index < -0.39 is 11.0 Å². The Kier molecular flexibility index (Phi) is 8.15. The van der Waals surface area contributed by atoms with Gasteiger partial charge in [0.2, 0.25) is 5.91 Å². The van der Waals surface area contributed by atoms with Crippen molar-refractivity contribution in [3.63, 3.8) is 0 Å². The van der Waals surface area contributed by atoms with Gasteiger partial charge in [-0.15, -0.1) is 11.3 Å². The highest BCUT2D eigenvalue weighted by molar-refractivity contribution is 7.12. The van der Waals surface area contributed by atoms with E-state index >= 15 is 0 Å². The van der Waals surface area contributed by atoms with E-state index in [2.05, 4.69) is 24.1 Å². The highest BCUT2D eigenvalue weighted by atomic mass is 32.1. The van der Waals surface area contributed by atoms with Gasteiger partial charge in [0.25, 0.3) is 11.6 Å². The number of amides is 2. The molecule has 1 aromatic carbocycles. The van der Waals surface area contributed by atoms with Gasteiger partial charge in [0.15, 0.2) is 0 Å². The summed E-state index contributed by atoms with van der Waals surface area (Å²) >= 11 is 1.40. The lowest BCUT2D eigenvalue weighted by atomic mass is 10.1. The van der Waals surface area contributed by atoms with Crippen molar-refractivity contribution in [3.8, 4) is 0 Å². The van der Waals surface area contributed by atoms with Gasteiger partial charge < -0.3 is 15.1 Å². The number of hydrogen-bond donors (Lipinski definition) is 1. The Hall–Kier alpha value is -2.82. The van der Waals surface area contributed by atoms with Crippen LogP contribution in [0.25, 0.3) is 0 Å².